The van der Waals surface area contributed by atoms with Crippen molar-refractivity contribution in [2.45, 2.75) is 30.4 Å². The van der Waals surface area contributed by atoms with Crippen molar-refractivity contribution in [1.82, 2.24) is 0 Å². The van der Waals surface area contributed by atoms with Crippen LogP contribution in [0.5, 0.6) is 0 Å². The largest absolute Gasteiger partial charge is 0.288 e. The molecule has 0 aliphatic rings. The Bertz CT molecular complexity index is 313. The maximum atomic E-state index is 12.1. The summed E-state index contributed by atoms with van der Waals surface area (Å²) < 4.78 is 25.1. The molecule has 0 aliphatic carbocycles. The number of thioether (sulfide) groups is 1. The minimum atomic E-state index is -2.36. The van der Waals surface area contributed by atoms with Gasteiger partial charge in [0.2, 0.25) is 0 Å². The smallest absolute Gasteiger partial charge is 0.198 e. The molecule has 0 saturated heterocycles. The lowest BCUT2D eigenvalue weighted by Crippen LogP contribution is -1.89. The highest BCUT2D eigenvalue weighted by molar-refractivity contribution is 9.10. The summed E-state index contributed by atoms with van der Waals surface area (Å²) in [5, 5.41) is 0. The van der Waals surface area contributed by atoms with Crippen LogP contribution in [0.4, 0.5) is 8.78 Å². The molecule has 0 amide bonds. The molecule has 0 spiro atoms. The Morgan fingerprint density at radius 1 is 1.21 bits per heavy atom. The molecule has 0 nitrogen and oxygen atoms in total. The SMILES string of the molecule is CC(C)c1cc(Br)cc(SC(F)F)c1. The van der Waals surface area contributed by atoms with Crippen LogP contribution in [0.3, 0.4) is 0 Å². The lowest BCUT2D eigenvalue weighted by atomic mass is 10.0. The van der Waals surface area contributed by atoms with Crippen LogP contribution in [-0.4, -0.2) is 5.76 Å². The predicted octanol–water partition coefficient (Wildman–Crippen LogP) is 4.89. The molecule has 78 valence electrons. The minimum Gasteiger partial charge on any atom is -0.198 e. The Kier molecular flexibility index (Phi) is 4.38. The van der Waals surface area contributed by atoms with Gasteiger partial charge in [0.25, 0.3) is 5.76 Å². The predicted molar refractivity (Wildman–Crippen MR) is 60.1 cm³/mol. The second kappa shape index (κ2) is 5.12. The Balaban J connectivity index is 2.95. The van der Waals surface area contributed by atoms with Gasteiger partial charge in [0, 0.05) is 9.37 Å². The zero-order valence-corrected chi connectivity index (χ0v) is 10.3. The maximum Gasteiger partial charge on any atom is 0.288 e. The van der Waals surface area contributed by atoms with Crippen LogP contribution in [-0.2, 0) is 0 Å². The van der Waals surface area contributed by atoms with Crippen molar-refractivity contribution in [2.24, 2.45) is 0 Å². The Labute approximate surface area is 95.2 Å². The average molecular weight is 281 g/mol. The van der Waals surface area contributed by atoms with Gasteiger partial charge in [-0.15, -0.1) is 0 Å². The van der Waals surface area contributed by atoms with Gasteiger partial charge in [-0.25, -0.2) is 0 Å². The summed E-state index contributed by atoms with van der Waals surface area (Å²) in [6.45, 7) is 4.08. The first-order valence-electron chi connectivity index (χ1n) is 4.24. The van der Waals surface area contributed by atoms with E-state index in [2.05, 4.69) is 15.9 Å². The summed E-state index contributed by atoms with van der Waals surface area (Å²) in [4.78, 5) is 0.609. The van der Waals surface area contributed by atoms with E-state index in [1.54, 1.807) is 6.07 Å². The maximum absolute atomic E-state index is 12.1. The Morgan fingerprint density at radius 3 is 2.36 bits per heavy atom. The van der Waals surface area contributed by atoms with Crippen LogP contribution in [0, 0.1) is 0 Å². The van der Waals surface area contributed by atoms with Gasteiger partial charge in [0.1, 0.15) is 0 Å². The molecule has 0 N–H and O–H groups in total. The second-order valence-corrected chi connectivity index (χ2v) is 5.23. The van der Waals surface area contributed by atoms with E-state index in [1.165, 1.54) is 0 Å². The van der Waals surface area contributed by atoms with Crippen LogP contribution in [0.2, 0.25) is 0 Å². The normalized spacial score (nSPS) is 11.4. The molecule has 0 unspecified atom stereocenters. The van der Waals surface area contributed by atoms with Crippen molar-refractivity contribution in [3.63, 3.8) is 0 Å². The lowest BCUT2D eigenvalue weighted by Gasteiger charge is -2.08. The zero-order valence-electron chi connectivity index (χ0n) is 7.93. The summed E-state index contributed by atoms with van der Waals surface area (Å²) in [6.07, 6.45) is 0. The van der Waals surface area contributed by atoms with Gasteiger partial charge in [0.15, 0.2) is 0 Å². The topological polar surface area (TPSA) is 0 Å². The first kappa shape index (κ1) is 12.0. The van der Waals surface area contributed by atoms with Crippen LogP contribution >= 0.6 is 27.7 Å². The quantitative estimate of drug-likeness (QED) is 0.711. The van der Waals surface area contributed by atoms with E-state index in [9.17, 15) is 8.78 Å². The molecule has 0 aliphatic heterocycles. The van der Waals surface area contributed by atoms with E-state index in [0.717, 1.165) is 10.0 Å². The van der Waals surface area contributed by atoms with E-state index >= 15 is 0 Å². The molecule has 0 bridgehead atoms. The van der Waals surface area contributed by atoms with E-state index in [-0.39, 0.29) is 0 Å². The summed E-state index contributed by atoms with van der Waals surface area (Å²) in [5.41, 5.74) is 1.07. The number of rotatable bonds is 3. The first-order chi connectivity index (χ1) is 6.49. The molecule has 0 saturated carbocycles. The van der Waals surface area contributed by atoms with E-state index in [1.807, 2.05) is 26.0 Å². The molecule has 1 aromatic carbocycles. The van der Waals surface area contributed by atoms with E-state index in [0.29, 0.717) is 22.6 Å². The molecule has 0 aromatic heterocycles. The molecule has 14 heavy (non-hydrogen) atoms. The van der Waals surface area contributed by atoms with Gasteiger partial charge in [-0.2, -0.15) is 8.78 Å². The molecule has 1 rings (SSSR count). The summed E-state index contributed by atoms with van der Waals surface area (Å²) in [5.74, 6) is -2.01. The van der Waals surface area contributed by atoms with Crippen LogP contribution in [0.15, 0.2) is 27.6 Å². The highest BCUT2D eigenvalue weighted by Gasteiger charge is 2.08. The first-order valence-corrected chi connectivity index (χ1v) is 5.91. The van der Waals surface area contributed by atoms with Crippen molar-refractivity contribution in [2.75, 3.05) is 0 Å². The fourth-order valence-electron chi connectivity index (χ4n) is 1.09. The molecular weight excluding hydrogens is 270 g/mol. The highest BCUT2D eigenvalue weighted by atomic mass is 79.9. The number of alkyl halides is 2. The fraction of sp³-hybridized carbons (Fsp3) is 0.400. The third-order valence-electron chi connectivity index (χ3n) is 1.79. The van der Waals surface area contributed by atoms with Gasteiger partial charge in [-0.1, -0.05) is 41.5 Å². The van der Waals surface area contributed by atoms with Gasteiger partial charge < -0.3 is 0 Å². The van der Waals surface area contributed by atoms with Crippen molar-refractivity contribution in [3.05, 3.63) is 28.2 Å². The number of halogens is 3. The minimum absolute atomic E-state index is 0.351. The van der Waals surface area contributed by atoms with Crippen LogP contribution in [0.25, 0.3) is 0 Å². The van der Waals surface area contributed by atoms with Gasteiger partial charge in [-0.05, 0) is 29.7 Å². The van der Waals surface area contributed by atoms with E-state index < -0.39 is 5.76 Å². The second-order valence-electron chi connectivity index (χ2n) is 3.25. The monoisotopic (exact) mass is 280 g/mol. The number of hydrogen-bond donors (Lipinski definition) is 0. The number of hydrogen-bond acceptors (Lipinski definition) is 1. The van der Waals surface area contributed by atoms with Crippen molar-refractivity contribution in [1.29, 1.82) is 0 Å². The molecule has 4 heteroatoms. The van der Waals surface area contributed by atoms with Crippen molar-refractivity contribution >= 4 is 27.7 Å². The van der Waals surface area contributed by atoms with Gasteiger partial charge in [0.05, 0.1) is 0 Å². The van der Waals surface area contributed by atoms with Crippen LogP contribution in [0.1, 0.15) is 25.3 Å². The summed E-state index contributed by atoms with van der Waals surface area (Å²) in [7, 11) is 0. The Hall–Kier alpha value is -0.0900. The summed E-state index contributed by atoms with van der Waals surface area (Å²) >= 11 is 3.89. The standard InChI is InChI=1S/C10H11BrF2S/c1-6(2)7-3-8(11)5-9(4-7)14-10(12)13/h3-6,10H,1-2H3. The summed E-state index contributed by atoms with van der Waals surface area (Å²) in [6, 6.07) is 5.48. The van der Waals surface area contributed by atoms with Gasteiger partial charge >= 0.3 is 0 Å². The third-order valence-corrected chi connectivity index (χ3v) is 2.93. The van der Waals surface area contributed by atoms with E-state index in [4.69, 9.17) is 0 Å². The van der Waals surface area contributed by atoms with Gasteiger partial charge in [-0.3, -0.25) is 0 Å². The Morgan fingerprint density at radius 2 is 1.86 bits per heavy atom. The average Bonchev–Trinajstić information content (AvgIpc) is 2.01. The highest BCUT2D eigenvalue weighted by Crippen LogP contribution is 2.31. The molecule has 1 aromatic rings. The molecule has 0 atom stereocenters. The molecule has 0 heterocycles. The van der Waals surface area contributed by atoms with Crippen molar-refractivity contribution in [3.8, 4) is 0 Å². The molecular formula is C10H11BrF2S. The third kappa shape index (κ3) is 3.58. The fourth-order valence-corrected chi connectivity index (χ4v) is 2.36. The zero-order chi connectivity index (χ0) is 10.7. The van der Waals surface area contributed by atoms with Crippen LogP contribution < -0.4 is 0 Å². The lowest BCUT2D eigenvalue weighted by molar-refractivity contribution is 0.252. The molecule has 0 fully saturated rings. The molecule has 0 radical (unpaired) electrons. The number of benzene rings is 1. The van der Waals surface area contributed by atoms with Crippen molar-refractivity contribution < 1.29 is 8.78 Å².